The summed E-state index contributed by atoms with van der Waals surface area (Å²) in [5, 5.41) is 0. The van der Waals surface area contributed by atoms with Gasteiger partial charge in [0.05, 0.1) is 5.69 Å². The van der Waals surface area contributed by atoms with Crippen LogP contribution in [-0.2, 0) is 10.0 Å². The first kappa shape index (κ1) is 15.6. The topological polar surface area (TPSA) is 85.1 Å². The number of rotatable bonds is 5. The molecule has 110 valence electrons. The molecule has 0 saturated heterocycles. The molecular formula is C14H15N3O2S2. The lowest BCUT2D eigenvalue weighted by atomic mass is 10.1. The van der Waals surface area contributed by atoms with E-state index in [-0.39, 0.29) is 15.9 Å². The largest absolute Gasteiger partial charge is 0.388 e. The minimum absolute atomic E-state index is 0.0743. The van der Waals surface area contributed by atoms with Crippen LogP contribution in [0.4, 0.5) is 0 Å². The fourth-order valence-corrected chi connectivity index (χ4v) is 3.09. The number of pyridine rings is 1. The van der Waals surface area contributed by atoms with E-state index in [1.54, 1.807) is 6.92 Å². The Kier molecular flexibility index (Phi) is 4.66. The monoisotopic (exact) mass is 321 g/mol. The highest BCUT2D eigenvalue weighted by molar-refractivity contribution is 7.89. The van der Waals surface area contributed by atoms with E-state index < -0.39 is 10.0 Å². The van der Waals surface area contributed by atoms with Gasteiger partial charge in [-0.15, -0.1) is 0 Å². The molecular weight excluding hydrogens is 306 g/mol. The van der Waals surface area contributed by atoms with Crippen molar-refractivity contribution in [1.29, 1.82) is 0 Å². The number of aromatic nitrogens is 1. The van der Waals surface area contributed by atoms with E-state index in [4.69, 9.17) is 18.0 Å². The Hall–Kier alpha value is -1.83. The van der Waals surface area contributed by atoms with Crippen molar-refractivity contribution < 1.29 is 8.42 Å². The van der Waals surface area contributed by atoms with Gasteiger partial charge >= 0.3 is 0 Å². The van der Waals surface area contributed by atoms with Crippen molar-refractivity contribution in [2.75, 3.05) is 0 Å². The number of nitrogens with two attached hydrogens (primary N) is 1. The van der Waals surface area contributed by atoms with Crippen LogP contribution in [-0.4, -0.2) is 18.4 Å². The quantitative estimate of drug-likeness (QED) is 0.820. The molecule has 0 saturated carbocycles. The Morgan fingerprint density at radius 1 is 1.24 bits per heavy atom. The fourth-order valence-electron chi connectivity index (χ4n) is 1.80. The Labute approximate surface area is 129 Å². The number of nitrogens with zero attached hydrogens (tertiary/aromatic N) is 1. The van der Waals surface area contributed by atoms with Crippen LogP contribution in [0.15, 0.2) is 53.6 Å². The van der Waals surface area contributed by atoms with Crippen LogP contribution >= 0.6 is 12.2 Å². The van der Waals surface area contributed by atoms with Crippen LogP contribution in [0.1, 0.15) is 24.2 Å². The molecule has 0 amide bonds. The average molecular weight is 321 g/mol. The van der Waals surface area contributed by atoms with Crippen molar-refractivity contribution in [3.63, 3.8) is 0 Å². The number of nitrogens with one attached hydrogen (secondary N) is 1. The summed E-state index contributed by atoms with van der Waals surface area (Å²) < 4.78 is 27.2. The van der Waals surface area contributed by atoms with Crippen LogP contribution < -0.4 is 10.5 Å². The Morgan fingerprint density at radius 3 is 2.43 bits per heavy atom. The highest BCUT2D eigenvalue weighted by atomic mass is 32.2. The van der Waals surface area contributed by atoms with E-state index >= 15 is 0 Å². The first-order valence-electron chi connectivity index (χ1n) is 6.23. The number of benzene rings is 1. The molecule has 2 rings (SSSR count). The second kappa shape index (κ2) is 6.30. The first-order valence-corrected chi connectivity index (χ1v) is 8.12. The highest BCUT2D eigenvalue weighted by Crippen LogP contribution is 2.16. The second-order valence-corrected chi connectivity index (χ2v) is 6.65. The van der Waals surface area contributed by atoms with E-state index in [1.165, 1.54) is 18.3 Å². The van der Waals surface area contributed by atoms with E-state index in [2.05, 4.69) is 9.71 Å². The van der Waals surface area contributed by atoms with Crippen molar-refractivity contribution in [1.82, 2.24) is 9.71 Å². The van der Waals surface area contributed by atoms with Crippen LogP contribution in [0.25, 0.3) is 0 Å². The lowest BCUT2D eigenvalue weighted by Gasteiger charge is -2.14. The summed E-state index contributed by atoms with van der Waals surface area (Å²) in [4.78, 5) is 4.14. The molecule has 7 heteroatoms. The maximum absolute atomic E-state index is 12.3. The van der Waals surface area contributed by atoms with Crippen molar-refractivity contribution in [3.05, 3.63) is 59.9 Å². The molecule has 0 radical (unpaired) electrons. The van der Waals surface area contributed by atoms with Crippen molar-refractivity contribution in [2.45, 2.75) is 17.9 Å². The first-order chi connectivity index (χ1) is 9.90. The molecule has 2 aromatic rings. The summed E-state index contributed by atoms with van der Waals surface area (Å²) >= 11 is 4.78. The third-order valence-electron chi connectivity index (χ3n) is 2.93. The van der Waals surface area contributed by atoms with Gasteiger partial charge in [-0.25, -0.2) is 13.1 Å². The maximum Gasteiger partial charge on any atom is 0.242 e. The Bertz CT molecular complexity index is 729. The zero-order valence-electron chi connectivity index (χ0n) is 11.4. The molecule has 1 unspecified atom stereocenters. The van der Waals surface area contributed by atoms with E-state index in [0.29, 0.717) is 5.69 Å². The Balaban J connectivity index is 2.20. The van der Waals surface area contributed by atoms with Crippen LogP contribution in [0.2, 0.25) is 0 Å². The zero-order valence-corrected chi connectivity index (χ0v) is 13.0. The smallest absolute Gasteiger partial charge is 0.242 e. The summed E-state index contributed by atoms with van der Waals surface area (Å²) in [6.45, 7) is 1.78. The van der Waals surface area contributed by atoms with Gasteiger partial charge in [0.2, 0.25) is 10.0 Å². The molecule has 21 heavy (non-hydrogen) atoms. The third kappa shape index (κ3) is 3.84. The molecule has 0 aliphatic carbocycles. The number of hydrogen-bond acceptors (Lipinski definition) is 4. The van der Waals surface area contributed by atoms with Gasteiger partial charge in [-0.1, -0.05) is 42.5 Å². The number of hydrogen-bond donors (Lipinski definition) is 2. The van der Waals surface area contributed by atoms with Gasteiger partial charge in [-0.2, -0.15) is 0 Å². The molecule has 1 atom stereocenters. The van der Waals surface area contributed by atoms with Gasteiger partial charge in [-0.3, -0.25) is 4.98 Å². The molecule has 1 aromatic carbocycles. The molecule has 5 nitrogen and oxygen atoms in total. The number of thiocarbonyl (C=S) groups is 1. The van der Waals surface area contributed by atoms with Gasteiger partial charge in [-0.05, 0) is 24.6 Å². The van der Waals surface area contributed by atoms with Crippen molar-refractivity contribution >= 4 is 27.2 Å². The van der Waals surface area contributed by atoms with Crippen molar-refractivity contribution in [2.24, 2.45) is 5.73 Å². The standard InChI is InChI=1S/C14H15N3O2S2/c1-10(11-5-3-2-4-6-11)17-21(18,19)12-7-8-13(14(15)20)16-9-12/h2-10,17H,1H3,(H2,15,20). The summed E-state index contributed by atoms with van der Waals surface area (Å²) in [6, 6.07) is 11.9. The average Bonchev–Trinajstić information content (AvgIpc) is 2.48. The van der Waals surface area contributed by atoms with Crippen LogP contribution in [0, 0.1) is 0 Å². The number of sulfonamides is 1. The predicted molar refractivity (Wildman–Crippen MR) is 85.3 cm³/mol. The zero-order chi connectivity index (χ0) is 15.5. The summed E-state index contributed by atoms with van der Waals surface area (Å²) in [5.41, 5.74) is 6.71. The Morgan fingerprint density at radius 2 is 1.90 bits per heavy atom. The van der Waals surface area contributed by atoms with Gasteiger partial charge < -0.3 is 5.73 Å². The molecule has 1 aromatic heterocycles. The second-order valence-electron chi connectivity index (χ2n) is 4.50. The molecule has 0 spiro atoms. The van der Waals surface area contributed by atoms with Gasteiger partial charge in [0.1, 0.15) is 9.88 Å². The lowest BCUT2D eigenvalue weighted by Crippen LogP contribution is -2.27. The van der Waals surface area contributed by atoms with Crippen LogP contribution in [0.3, 0.4) is 0 Å². The van der Waals surface area contributed by atoms with E-state index in [0.717, 1.165) is 5.56 Å². The molecule has 0 aliphatic heterocycles. The summed E-state index contributed by atoms with van der Waals surface area (Å²) in [5.74, 6) is 0. The van der Waals surface area contributed by atoms with E-state index in [1.807, 2.05) is 30.3 Å². The summed E-state index contributed by atoms with van der Waals surface area (Å²) in [7, 11) is -3.65. The minimum Gasteiger partial charge on any atom is -0.388 e. The third-order valence-corrected chi connectivity index (χ3v) is 4.67. The van der Waals surface area contributed by atoms with Crippen molar-refractivity contribution in [3.8, 4) is 0 Å². The SMILES string of the molecule is CC(NS(=O)(=O)c1ccc(C(N)=S)nc1)c1ccccc1. The summed E-state index contributed by atoms with van der Waals surface area (Å²) in [6.07, 6.45) is 1.24. The molecule has 0 fully saturated rings. The normalized spacial score (nSPS) is 12.8. The van der Waals surface area contributed by atoms with E-state index in [9.17, 15) is 8.42 Å². The molecule has 1 heterocycles. The lowest BCUT2D eigenvalue weighted by molar-refractivity contribution is 0.566. The minimum atomic E-state index is -3.65. The van der Waals surface area contributed by atoms with Gasteiger partial charge in [0.15, 0.2) is 0 Å². The molecule has 3 N–H and O–H groups in total. The van der Waals surface area contributed by atoms with Crippen LogP contribution in [0.5, 0.6) is 0 Å². The van der Waals surface area contributed by atoms with Gasteiger partial charge in [0.25, 0.3) is 0 Å². The highest BCUT2D eigenvalue weighted by Gasteiger charge is 2.18. The van der Waals surface area contributed by atoms with Gasteiger partial charge in [0, 0.05) is 12.2 Å². The molecule has 0 bridgehead atoms. The predicted octanol–water partition coefficient (Wildman–Crippen LogP) is 1.76. The fraction of sp³-hybridized carbons (Fsp3) is 0.143. The maximum atomic E-state index is 12.3. The molecule has 0 aliphatic rings.